The van der Waals surface area contributed by atoms with Crippen LogP contribution in [0.4, 0.5) is 0 Å². The molecule has 0 spiro atoms. The van der Waals surface area contributed by atoms with Gasteiger partial charge in [-0.2, -0.15) is 0 Å². The molecule has 0 radical (unpaired) electrons. The van der Waals surface area contributed by atoms with Crippen LogP contribution in [0.3, 0.4) is 0 Å². The van der Waals surface area contributed by atoms with E-state index in [1.807, 2.05) is 19.4 Å². The van der Waals surface area contributed by atoms with Gasteiger partial charge in [-0.3, -0.25) is 5.84 Å². The molecule has 0 aromatic carbocycles. The van der Waals surface area contributed by atoms with Gasteiger partial charge in [-0.1, -0.05) is 23.2 Å². The highest BCUT2D eigenvalue weighted by Crippen LogP contribution is 2.15. The van der Waals surface area contributed by atoms with Gasteiger partial charge in [0.15, 0.2) is 0 Å². The predicted molar refractivity (Wildman–Crippen MR) is 80.4 cm³/mol. The Morgan fingerprint density at radius 2 is 2.00 bits per heavy atom. The standard InChI is InChI=1S/C13H17Cl2N5/c1-10-7-19(9-17-10)3-2-4-20(16)8-11-5-12(14)18-13(15)6-11/h5-7,9H,2-4,8,16H2,1H3. The summed E-state index contributed by atoms with van der Waals surface area (Å²) in [5.41, 5.74) is 1.98. The van der Waals surface area contributed by atoms with Gasteiger partial charge in [0, 0.05) is 25.8 Å². The second-order valence-corrected chi connectivity index (χ2v) is 5.47. The lowest BCUT2D eigenvalue weighted by atomic mass is 10.2. The van der Waals surface area contributed by atoms with E-state index >= 15 is 0 Å². The highest BCUT2D eigenvalue weighted by atomic mass is 35.5. The van der Waals surface area contributed by atoms with Crippen molar-refractivity contribution in [1.29, 1.82) is 0 Å². The van der Waals surface area contributed by atoms with E-state index in [4.69, 9.17) is 29.0 Å². The van der Waals surface area contributed by atoms with Crippen molar-refractivity contribution in [3.05, 3.63) is 46.2 Å². The minimum atomic E-state index is 0.384. The maximum absolute atomic E-state index is 5.98. The Morgan fingerprint density at radius 1 is 1.30 bits per heavy atom. The Labute approximate surface area is 128 Å². The number of imidazole rings is 1. The third kappa shape index (κ3) is 4.76. The van der Waals surface area contributed by atoms with Crippen molar-refractivity contribution >= 4 is 23.2 Å². The Hall–Kier alpha value is -1.14. The maximum atomic E-state index is 5.98. The van der Waals surface area contributed by atoms with Crippen molar-refractivity contribution in [2.24, 2.45) is 5.84 Å². The summed E-state index contributed by atoms with van der Waals surface area (Å²) in [4.78, 5) is 8.09. The van der Waals surface area contributed by atoms with Crippen LogP contribution in [0.2, 0.25) is 10.3 Å². The molecule has 108 valence electrons. The lowest BCUT2D eigenvalue weighted by Gasteiger charge is -2.16. The maximum Gasteiger partial charge on any atom is 0.131 e. The average Bonchev–Trinajstić information content (AvgIpc) is 2.73. The fourth-order valence-electron chi connectivity index (χ4n) is 1.97. The molecule has 0 amide bonds. The topological polar surface area (TPSA) is 60.0 Å². The molecule has 0 saturated heterocycles. The van der Waals surface area contributed by atoms with E-state index in [-0.39, 0.29) is 0 Å². The average molecular weight is 314 g/mol. The van der Waals surface area contributed by atoms with Crippen LogP contribution in [0.1, 0.15) is 17.7 Å². The van der Waals surface area contributed by atoms with Crippen molar-refractivity contribution in [2.75, 3.05) is 6.54 Å². The summed E-state index contributed by atoms with van der Waals surface area (Å²) in [6.07, 6.45) is 4.79. The predicted octanol–water partition coefficient (Wildman–Crippen LogP) is 2.66. The van der Waals surface area contributed by atoms with Crippen LogP contribution in [0.25, 0.3) is 0 Å². The Kier molecular flexibility index (Phi) is 5.37. The number of pyridine rings is 1. The number of hydrogen-bond acceptors (Lipinski definition) is 4. The first-order chi connectivity index (χ1) is 9.52. The summed E-state index contributed by atoms with van der Waals surface area (Å²) in [6.45, 7) is 4.23. The molecule has 2 heterocycles. The molecule has 5 nitrogen and oxygen atoms in total. The van der Waals surface area contributed by atoms with Crippen molar-refractivity contribution in [1.82, 2.24) is 19.5 Å². The van der Waals surface area contributed by atoms with E-state index < -0.39 is 0 Å². The minimum Gasteiger partial charge on any atom is -0.337 e. The van der Waals surface area contributed by atoms with Gasteiger partial charge >= 0.3 is 0 Å². The number of aryl methyl sites for hydroxylation is 2. The molecule has 20 heavy (non-hydrogen) atoms. The Balaban J connectivity index is 1.78. The molecule has 2 aromatic heterocycles. The number of halogens is 2. The molecule has 0 fully saturated rings. The van der Waals surface area contributed by atoms with E-state index in [2.05, 4.69) is 14.5 Å². The molecular weight excluding hydrogens is 297 g/mol. The molecule has 0 aliphatic rings. The highest BCUT2D eigenvalue weighted by Gasteiger charge is 2.04. The molecule has 2 rings (SSSR count). The van der Waals surface area contributed by atoms with Crippen LogP contribution in [-0.2, 0) is 13.1 Å². The monoisotopic (exact) mass is 313 g/mol. The fraction of sp³-hybridized carbons (Fsp3) is 0.385. The first kappa shape index (κ1) is 15.3. The summed E-state index contributed by atoms with van der Waals surface area (Å²) in [7, 11) is 0. The van der Waals surface area contributed by atoms with Crippen LogP contribution in [0.5, 0.6) is 0 Å². The molecule has 2 aromatic rings. The van der Waals surface area contributed by atoms with Crippen molar-refractivity contribution < 1.29 is 0 Å². The van der Waals surface area contributed by atoms with Crippen molar-refractivity contribution in [3.63, 3.8) is 0 Å². The van der Waals surface area contributed by atoms with Crippen molar-refractivity contribution in [3.8, 4) is 0 Å². The van der Waals surface area contributed by atoms with Crippen LogP contribution in [-0.4, -0.2) is 26.1 Å². The summed E-state index contributed by atoms with van der Waals surface area (Å²) in [5.74, 6) is 5.98. The summed E-state index contributed by atoms with van der Waals surface area (Å²) < 4.78 is 2.06. The van der Waals surface area contributed by atoms with Gasteiger partial charge in [0.05, 0.1) is 12.0 Å². The van der Waals surface area contributed by atoms with Crippen molar-refractivity contribution in [2.45, 2.75) is 26.4 Å². The van der Waals surface area contributed by atoms with E-state index in [0.29, 0.717) is 16.9 Å². The van der Waals surface area contributed by atoms with E-state index in [0.717, 1.165) is 30.8 Å². The number of nitrogens with zero attached hydrogens (tertiary/aromatic N) is 4. The van der Waals surface area contributed by atoms with E-state index in [9.17, 15) is 0 Å². The molecule has 2 N–H and O–H groups in total. The lowest BCUT2D eigenvalue weighted by molar-refractivity contribution is 0.265. The first-order valence-corrected chi connectivity index (χ1v) is 7.08. The van der Waals surface area contributed by atoms with Gasteiger partial charge in [0.25, 0.3) is 0 Å². The highest BCUT2D eigenvalue weighted by molar-refractivity contribution is 6.32. The zero-order chi connectivity index (χ0) is 14.5. The largest absolute Gasteiger partial charge is 0.337 e. The number of aromatic nitrogens is 3. The summed E-state index contributed by atoms with van der Waals surface area (Å²) in [6, 6.07) is 3.54. The fourth-order valence-corrected chi connectivity index (χ4v) is 2.48. The molecule has 0 atom stereocenters. The molecule has 7 heteroatoms. The zero-order valence-electron chi connectivity index (χ0n) is 11.3. The van der Waals surface area contributed by atoms with Gasteiger partial charge < -0.3 is 4.57 Å². The van der Waals surface area contributed by atoms with Gasteiger partial charge in [-0.05, 0) is 31.0 Å². The van der Waals surface area contributed by atoms with Gasteiger partial charge in [-0.25, -0.2) is 15.0 Å². The van der Waals surface area contributed by atoms with E-state index in [1.165, 1.54) is 0 Å². The second-order valence-electron chi connectivity index (χ2n) is 4.70. The normalized spacial score (nSPS) is 11.2. The zero-order valence-corrected chi connectivity index (χ0v) is 12.8. The first-order valence-electron chi connectivity index (χ1n) is 6.33. The smallest absolute Gasteiger partial charge is 0.131 e. The number of rotatable bonds is 6. The quantitative estimate of drug-likeness (QED) is 0.506. The number of hydrogen-bond donors (Lipinski definition) is 1. The molecule has 0 bridgehead atoms. The molecule has 0 saturated carbocycles. The minimum absolute atomic E-state index is 0.384. The number of hydrazine groups is 1. The van der Waals surface area contributed by atoms with Crippen LogP contribution in [0, 0.1) is 6.92 Å². The van der Waals surface area contributed by atoms with Gasteiger partial charge in [0.2, 0.25) is 0 Å². The van der Waals surface area contributed by atoms with Gasteiger partial charge in [0.1, 0.15) is 10.3 Å². The molecule has 0 aliphatic carbocycles. The Morgan fingerprint density at radius 3 is 2.60 bits per heavy atom. The van der Waals surface area contributed by atoms with Gasteiger partial charge in [-0.15, -0.1) is 0 Å². The third-order valence-electron chi connectivity index (χ3n) is 2.83. The molecule has 0 aliphatic heterocycles. The van der Waals surface area contributed by atoms with Crippen LogP contribution < -0.4 is 5.84 Å². The SMILES string of the molecule is Cc1cn(CCCN(N)Cc2cc(Cl)nc(Cl)c2)cn1. The van der Waals surface area contributed by atoms with E-state index in [1.54, 1.807) is 17.1 Å². The third-order valence-corrected chi connectivity index (χ3v) is 3.22. The summed E-state index contributed by atoms with van der Waals surface area (Å²) >= 11 is 11.7. The summed E-state index contributed by atoms with van der Waals surface area (Å²) in [5, 5.41) is 2.51. The second kappa shape index (κ2) is 7.04. The number of nitrogens with two attached hydrogens (primary N) is 1. The molecule has 0 unspecified atom stereocenters. The van der Waals surface area contributed by atoms with Crippen LogP contribution >= 0.6 is 23.2 Å². The van der Waals surface area contributed by atoms with Crippen LogP contribution in [0.15, 0.2) is 24.7 Å². The Bertz CT molecular complexity index is 549. The molecular formula is C13H17Cl2N5. The lowest BCUT2D eigenvalue weighted by Crippen LogP contribution is -2.31.